The average Bonchev–Trinajstić information content (AvgIpc) is 2.82. The zero-order valence-corrected chi connectivity index (χ0v) is 10.8. The van der Waals surface area contributed by atoms with Gasteiger partial charge >= 0.3 is 12.1 Å². The van der Waals surface area contributed by atoms with Gasteiger partial charge in [-0.3, -0.25) is 9.69 Å². The van der Waals surface area contributed by atoms with Crippen LogP contribution < -0.4 is 5.32 Å². The predicted octanol–water partition coefficient (Wildman–Crippen LogP) is 0.220. The Kier molecular flexibility index (Phi) is 5.35. The molecule has 1 heterocycles. The summed E-state index contributed by atoms with van der Waals surface area (Å²) >= 11 is 0. The number of methoxy groups -OCH3 is 1. The lowest BCUT2D eigenvalue weighted by atomic mass is 10.0. The van der Waals surface area contributed by atoms with Gasteiger partial charge in [0.2, 0.25) is 5.91 Å². The minimum absolute atomic E-state index is 0.0327. The second-order valence-electron chi connectivity index (χ2n) is 4.36. The van der Waals surface area contributed by atoms with Crippen LogP contribution in [-0.4, -0.2) is 54.2 Å². The second-order valence-corrected chi connectivity index (χ2v) is 4.36. The van der Waals surface area contributed by atoms with Crippen LogP contribution in [0.1, 0.15) is 12.8 Å². The van der Waals surface area contributed by atoms with Gasteiger partial charge in [-0.05, 0) is 24.8 Å². The fourth-order valence-corrected chi connectivity index (χ4v) is 2.17. The molecule has 106 valence electrons. The third-order valence-electron chi connectivity index (χ3n) is 3.14. The molecular weight excluding hydrogens is 252 g/mol. The number of amides is 2. The van der Waals surface area contributed by atoms with E-state index in [1.807, 2.05) is 0 Å². The number of carbonyl (C=O) groups is 3. The van der Waals surface area contributed by atoms with Gasteiger partial charge < -0.3 is 15.2 Å². The van der Waals surface area contributed by atoms with Crippen LogP contribution in [-0.2, 0) is 14.3 Å². The number of nitrogens with one attached hydrogen (secondary N) is 1. The molecule has 1 fully saturated rings. The molecule has 1 saturated heterocycles. The molecule has 0 aromatic heterocycles. The van der Waals surface area contributed by atoms with Gasteiger partial charge in [0.05, 0.1) is 7.11 Å². The molecule has 0 spiro atoms. The van der Waals surface area contributed by atoms with Gasteiger partial charge in [-0.1, -0.05) is 6.58 Å². The number of likely N-dealkylation sites (tertiary alicyclic amines) is 1. The first kappa shape index (κ1) is 15.0. The third-order valence-corrected chi connectivity index (χ3v) is 3.14. The maximum Gasteiger partial charge on any atom is 0.408 e. The quantitative estimate of drug-likeness (QED) is 0.550. The second kappa shape index (κ2) is 6.77. The zero-order chi connectivity index (χ0) is 14.4. The van der Waals surface area contributed by atoms with Crippen molar-refractivity contribution < 1.29 is 24.2 Å². The van der Waals surface area contributed by atoms with Crippen LogP contribution in [0.2, 0.25) is 0 Å². The largest absolute Gasteiger partial charge is 0.467 e. The summed E-state index contributed by atoms with van der Waals surface area (Å²) in [5.41, 5.74) is 0. The zero-order valence-electron chi connectivity index (χ0n) is 10.8. The van der Waals surface area contributed by atoms with Gasteiger partial charge in [-0.15, -0.1) is 0 Å². The molecule has 0 aliphatic carbocycles. The van der Waals surface area contributed by atoms with Crippen molar-refractivity contribution in [3.63, 3.8) is 0 Å². The molecule has 2 amide bonds. The summed E-state index contributed by atoms with van der Waals surface area (Å²) in [7, 11) is 1.24. The van der Waals surface area contributed by atoms with Crippen LogP contribution >= 0.6 is 0 Å². The number of ether oxygens (including phenoxy) is 1. The summed E-state index contributed by atoms with van der Waals surface area (Å²) in [6, 6.07) is -0.748. The smallest absolute Gasteiger partial charge is 0.408 e. The number of rotatable bonds is 5. The number of hydrogen-bond acceptors (Lipinski definition) is 4. The standard InChI is InChI=1S/C12H18N2O5/c1-3-10(15)13-5-4-8-6-9(11(16)19-2)14(7-8)12(17)18/h3,8-9H,1,4-7H2,2H3,(H,13,15)(H,17,18). The molecule has 0 radical (unpaired) electrons. The van der Waals surface area contributed by atoms with Crippen LogP contribution in [0.25, 0.3) is 0 Å². The first-order valence-corrected chi connectivity index (χ1v) is 5.97. The molecule has 2 unspecified atom stereocenters. The maximum atomic E-state index is 11.5. The SMILES string of the molecule is C=CC(=O)NCCC1CC(C(=O)OC)N(C(=O)O)C1. The van der Waals surface area contributed by atoms with E-state index < -0.39 is 18.1 Å². The van der Waals surface area contributed by atoms with E-state index in [-0.39, 0.29) is 18.4 Å². The van der Waals surface area contributed by atoms with Crippen molar-refractivity contribution in [2.75, 3.05) is 20.2 Å². The number of hydrogen-bond donors (Lipinski definition) is 2. The number of carbonyl (C=O) groups excluding carboxylic acids is 2. The summed E-state index contributed by atoms with van der Waals surface area (Å²) in [6.45, 7) is 4.04. The highest BCUT2D eigenvalue weighted by Gasteiger charge is 2.40. The molecule has 1 aliphatic rings. The lowest BCUT2D eigenvalue weighted by Gasteiger charge is -2.18. The average molecular weight is 270 g/mol. The molecule has 0 aromatic rings. The lowest BCUT2D eigenvalue weighted by Crippen LogP contribution is -2.40. The molecule has 2 N–H and O–H groups in total. The number of esters is 1. The van der Waals surface area contributed by atoms with Gasteiger partial charge in [0.25, 0.3) is 0 Å². The van der Waals surface area contributed by atoms with Crippen molar-refractivity contribution in [3.05, 3.63) is 12.7 Å². The van der Waals surface area contributed by atoms with Crippen molar-refractivity contribution in [3.8, 4) is 0 Å². The Bertz CT molecular complexity index is 382. The summed E-state index contributed by atoms with van der Waals surface area (Å²) in [5, 5.41) is 11.7. The van der Waals surface area contributed by atoms with E-state index in [2.05, 4.69) is 16.6 Å². The monoisotopic (exact) mass is 270 g/mol. The van der Waals surface area contributed by atoms with E-state index in [1.54, 1.807) is 0 Å². The Morgan fingerprint density at radius 1 is 1.53 bits per heavy atom. The van der Waals surface area contributed by atoms with Crippen LogP contribution in [0.5, 0.6) is 0 Å². The van der Waals surface area contributed by atoms with Crippen molar-refractivity contribution in [1.82, 2.24) is 10.2 Å². The van der Waals surface area contributed by atoms with Gasteiger partial charge in [0.15, 0.2) is 0 Å². The fourth-order valence-electron chi connectivity index (χ4n) is 2.17. The normalized spacial score (nSPS) is 21.8. The van der Waals surface area contributed by atoms with Crippen molar-refractivity contribution in [2.24, 2.45) is 5.92 Å². The van der Waals surface area contributed by atoms with E-state index in [1.165, 1.54) is 13.2 Å². The Morgan fingerprint density at radius 3 is 2.74 bits per heavy atom. The summed E-state index contributed by atoms with van der Waals surface area (Å²) in [6.07, 6.45) is 1.07. The third kappa shape index (κ3) is 3.97. The summed E-state index contributed by atoms with van der Waals surface area (Å²) in [5.74, 6) is -0.775. The number of carboxylic acid groups (broad SMARTS) is 1. The van der Waals surface area contributed by atoms with Crippen LogP contribution in [0, 0.1) is 5.92 Å². The molecule has 2 atom stereocenters. The molecular formula is C12H18N2O5. The molecule has 7 nitrogen and oxygen atoms in total. The van der Waals surface area contributed by atoms with E-state index >= 15 is 0 Å². The molecule has 0 aromatic carbocycles. The molecule has 0 bridgehead atoms. The molecule has 1 aliphatic heterocycles. The fraction of sp³-hybridized carbons (Fsp3) is 0.583. The Labute approximate surface area is 111 Å². The highest BCUT2D eigenvalue weighted by Crippen LogP contribution is 2.26. The van der Waals surface area contributed by atoms with E-state index in [0.29, 0.717) is 19.4 Å². The summed E-state index contributed by atoms with van der Waals surface area (Å²) < 4.78 is 4.60. The van der Waals surface area contributed by atoms with Crippen molar-refractivity contribution in [1.29, 1.82) is 0 Å². The minimum atomic E-state index is -1.13. The molecule has 0 saturated carbocycles. The highest BCUT2D eigenvalue weighted by molar-refractivity contribution is 5.86. The summed E-state index contributed by atoms with van der Waals surface area (Å²) in [4.78, 5) is 34.6. The maximum absolute atomic E-state index is 11.5. The van der Waals surface area contributed by atoms with E-state index in [0.717, 1.165) is 4.90 Å². The lowest BCUT2D eigenvalue weighted by molar-refractivity contribution is -0.145. The van der Waals surface area contributed by atoms with Crippen molar-refractivity contribution >= 4 is 18.0 Å². The molecule has 1 rings (SSSR count). The van der Waals surface area contributed by atoms with Gasteiger partial charge in [0.1, 0.15) is 6.04 Å². The topological polar surface area (TPSA) is 95.9 Å². The van der Waals surface area contributed by atoms with Gasteiger partial charge in [-0.2, -0.15) is 0 Å². The number of nitrogens with zero attached hydrogens (tertiary/aromatic N) is 1. The molecule has 7 heteroatoms. The first-order valence-electron chi connectivity index (χ1n) is 5.97. The van der Waals surface area contributed by atoms with Crippen LogP contribution in [0.15, 0.2) is 12.7 Å². The molecule has 19 heavy (non-hydrogen) atoms. The Hall–Kier alpha value is -2.05. The highest BCUT2D eigenvalue weighted by atomic mass is 16.5. The van der Waals surface area contributed by atoms with E-state index in [4.69, 9.17) is 5.11 Å². The van der Waals surface area contributed by atoms with Crippen molar-refractivity contribution in [2.45, 2.75) is 18.9 Å². The van der Waals surface area contributed by atoms with E-state index in [9.17, 15) is 14.4 Å². The first-order chi connectivity index (χ1) is 8.99. The van der Waals surface area contributed by atoms with Gasteiger partial charge in [-0.25, -0.2) is 9.59 Å². The Morgan fingerprint density at radius 2 is 2.21 bits per heavy atom. The van der Waals surface area contributed by atoms with Crippen LogP contribution in [0.4, 0.5) is 4.79 Å². The minimum Gasteiger partial charge on any atom is -0.467 e. The predicted molar refractivity (Wildman–Crippen MR) is 66.5 cm³/mol. The Balaban J connectivity index is 2.51. The van der Waals surface area contributed by atoms with Gasteiger partial charge in [0, 0.05) is 13.1 Å². The van der Waals surface area contributed by atoms with Crippen LogP contribution in [0.3, 0.4) is 0 Å².